The Kier molecular flexibility index (Phi) is 7.14. The van der Waals surface area contributed by atoms with Crippen LogP contribution >= 0.6 is 0 Å². The molecule has 0 amide bonds. The molecule has 0 atom stereocenters. The Morgan fingerprint density at radius 2 is 1.76 bits per heavy atom. The van der Waals surface area contributed by atoms with Crippen LogP contribution in [0.3, 0.4) is 0 Å². The lowest BCUT2D eigenvalue weighted by molar-refractivity contribution is 0.0542. The van der Waals surface area contributed by atoms with Gasteiger partial charge in [-0.25, -0.2) is 0 Å². The summed E-state index contributed by atoms with van der Waals surface area (Å²) >= 11 is 0. The van der Waals surface area contributed by atoms with E-state index in [0.717, 1.165) is 0 Å². The standard InChI is InChI=1S/C12H24N2.C3H8/c1-2-3-4-5-9-14-10-12(11-14)7-6-8-13-12;1-3-2/h13H,2-11H2,1H3;3H2,1-2H3. The van der Waals surface area contributed by atoms with Crippen LogP contribution in [-0.2, 0) is 0 Å². The van der Waals surface area contributed by atoms with Gasteiger partial charge in [0.15, 0.2) is 0 Å². The van der Waals surface area contributed by atoms with Crippen molar-refractivity contribution < 1.29 is 0 Å². The minimum atomic E-state index is 0.560. The van der Waals surface area contributed by atoms with Gasteiger partial charge in [0.2, 0.25) is 0 Å². The summed E-state index contributed by atoms with van der Waals surface area (Å²) in [5, 5.41) is 3.66. The predicted octanol–water partition coefficient (Wildman–Crippen LogP) is 3.42. The molecule has 0 bridgehead atoms. The summed E-state index contributed by atoms with van der Waals surface area (Å²) in [5.41, 5.74) is 0.560. The molecule has 0 aliphatic carbocycles. The molecule has 0 saturated carbocycles. The Bertz CT molecular complexity index is 177. The maximum atomic E-state index is 3.66. The second-order valence-corrected chi connectivity index (χ2v) is 5.79. The predicted molar refractivity (Wildman–Crippen MR) is 76.5 cm³/mol. The van der Waals surface area contributed by atoms with E-state index in [2.05, 4.69) is 31.0 Å². The van der Waals surface area contributed by atoms with Gasteiger partial charge in [-0.3, -0.25) is 4.90 Å². The third-order valence-electron chi connectivity index (χ3n) is 3.71. The quantitative estimate of drug-likeness (QED) is 0.741. The average Bonchev–Trinajstić information content (AvgIpc) is 2.73. The van der Waals surface area contributed by atoms with Gasteiger partial charge in [0.1, 0.15) is 0 Å². The van der Waals surface area contributed by atoms with Gasteiger partial charge in [-0.1, -0.05) is 46.5 Å². The van der Waals surface area contributed by atoms with Crippen molar-refractivity contribution in [2.24, 2.45) is 0 Å². The van der Waals surface area contributed by atoms with Crippen LogP contribution in [0.1, 0.15) is 65.7 Å². The molecule has 2 rings (SSSR count). The SMILES string of the molecule is CCC.CCCCCCN1CC2(CCCN2)C1. The van der Waals surface area contributed by atoms with Crippen LogP contribution in [0, 0.1) is 0 Å². The van der Waals surface area contributed by atoms with E-state index in [0.29, 0.717) is 5.54 Å². The van der Waals surface area contributed by atoms with E-state index < -0.39 is 0 Å². The first kappa shape index (κ1) is 15.0. The number of hydrogen-bond donors (Lipinski definition) is 1. The van der Waals surface area contributed by atoms with Crippen LogP contribution < -0.4 is 5.32 Å². The third-order valence-corrected chi connectivity index (χ3v) is 3.71. The normalized spacial score (nSPS) is 22.1. The minimum Gasteiger partial charge on any atom is -0.309 e. The maximum Gasteiger partial charge on any atom is 0.0437 e. The lowest BCUT2D eigenvalue weighted by Gasteiger charge is -2.48. The van der Waals surface area contributed by atoms with Gasteiger partial charge in [-0.2, -0.15) is 0 Å². The van der Waals surface area contributed by atoms with Crippen LogP contribution in [0.4, 0.5) is 0 Å². The highest BCUT2D eigenvalue weighted by atomic mass is 15.3. The monoisotopic (exact) mass is 240 g/mol. The first-order valence-electron chi connectivity index (χ1n) is 7.73. The van der Waals surface area contributed by atoms with Crippen molar-refractivity contribution in [1.82, 2.24) is 10.2 Å². The molecule has 2 aliphatic rings. The molecule has 17 heavy (non-hydrogen) atoms. The van der Waals surface area contributed by atoms with Gasteiger partial charge in [-0.05, 0) is 32.4 Å². The molecule has 2 saturated heterocycles. The molecule has 2 fully saturated rings. The minimum absolute atomic E-state index is 0.560. The first-order chi connectivity index (χ1) is 8.26. The number of rotatable bonds is 5. The molecular weight excluding hydrogens is 208 g/mol. The lowest BCUT2D eigenvalue weighted by Crippen LogP contribution is -2.66. The van der Waals surface area contributed by atoms with E-state index in [9.17, 15) is 0 Å². The molecule has 1 N–H and O–H groups in total. The van der Waals surface area contributed by atoms with Crippen molar-refractivity contribution in [3.05, 3.63) is 0 Å². The summed E-state index contributed by atoms with van der Waals surface area (Å²) in [5.74, 6) is 0. The summed E-state index contributed by atoms with van der Waals surface area (Å²) < 4.78 is 0. The average molecular weight is 240 g/mol. The van der Waals surface area contributed by atoms with Crippen molar-refractivity contribution in [2.45, 2.75) is 71.3 Å². The number of nitrogens with one attached hydrogen (secondary N) is 1. The Hall–Kier alpha value is -0.0800. The van der Waals surface area contributed by atoms with Crippen molar-refractivity contribution in [3.63, 3.8) is 0 Å². The van der Waals surface area contributed by atoms with Gasteiger partial charge in [0, 0.05) is 18.6 Å². The van der Waals surface area contributed by atoms with E-state index in [1.807, 2.05) is 0 Å². The molecule has 0 unspecified atom stereocenters. The lowest BCUT2D eigenvalue weighted by atomic mass is 9.88. The van der Waals surface area contributed by atoms with Gasteiger partial charge in [0.25, 0.3) is 0 Å². The van der Waals surface area contributed by atoms with Crippen molar-refractivity contribution >= 4 is 0 Å². The molecule has 1 spiro atoms. The molecule has 0 radical (unpaired) electrons. The summed E-state index contributed by atoms with van der Waals surface area (Å²) in [7, 11) is 0. The van der Waals surface area contributed by atoms with Crippen LogP contribution in [0.25, 0.3) is 0 Å². The van der Waals surface area contributed by atoms with E-state index in [4.69, 9.17) is 0 Å². The van der Waals surface area contributed by atoms with Crippen LogP contribution in [0.15, 0.2) is 0 Å². The van der Waals surface area contributed by atoms with Crippen molar-refractivity contribution in [3.8, 4) is 0 Å². The zero-order chi connectivity index (χ0) is 12.6. The molecule has 0 aromatic heterocycles. The number of unbranched alkanes of at least 4 members (excludes halogenated alkanes) is 3. The highest BCUT2D eigenvalue weighted by Crippen LogP contribution is 2.29. The summed E-state index contributed by atoms with van der Waals surface area (Å²) in [6.07, 6.45) is 9.65. The Morgan fingerprint density at radius 1 is 1.06 bits per heavy atom. The van der Waals surface area contributed by atoms with Crippen LogP contribution in [-0.4, -0.2) is 36.6 Å². The van der Waals surface area contributed by atoms with Gasteiger partial charge in [0.05, 0.1) is 0 Å². The van der Waals surface area contributed by atoms with Gasteiger partial charge in [-0.15, -0.1) is 0 Å². The fraction of sp³-hybridized carbons (Fsp3) is 1.00. The van der Waals surface area contributed by atoms with Crippen molar-refractivity contribution in [2.75, 3.05) is 26.2 Å². The third kappa shape index (κ3) is 4.97. The van der Waals surface area contributed by atoms with Gasteiger partial charge >= 0.3 is 0 Å². The maximum absolute atomic E-state index is 3.66. The van der Waals surface area contributed by atoms with E-state index in [1.165, 1.54) is 71.1 Å². The molecule has 2 aliphatic heterocycles. The van der Waals surface area contributed by atoms with Crippen molar-refractivity contribution in [1.29, 1.82) is 0 Å². The summed E-state index contributed by atoms with van der Waals surface area (Å²) in [4.78, 5) is 2.62. The number of nitrogens with zero attached hydrogens (tertiary/aromatic N) is 1. The number of hydrogen-bond acceptors (Lipinski definition) is 2. The summed E-state index contributed by atoms with van der Waals surface area (Å²) in [6, 6.07) is 0. The highest BCUT2D eigenvalue weighted by molar-refractivity contribution is 5.05. The molecular formula is C15H32N2. The number of likely N-dealkylation sites (tertiary alicyclic amines) is 1. The van der Waals surface area contributed by atoms with Gasteiger partial charge < -0.3 is 5.32 Å². The molecule has 2 heterocycles. The molecule has 2 nitrogen and oxygen atoms in total. The van der Waals surface area contributed by atoms with E-state index in [1.54, 1.807) is 0 Å². The Morgan fingerprint density at radius 3 is 2.29 bits per heavy atom. The largest absolute Gasteiger partial charge is 0.309 e. The van der Waals surface area contributed by atoms with Crippen LogP contribution in [0.2, 0.25) is 0 Å². The fourth-order valence-corrected chi connectivity index (χ4v) is 2.87. The topological polar surface area (TPSA) is 15.3 Å². The zero-order valence-corrected chi connectivity index (χ0v) is 12.2. The van der Waals surface area contributed by atoms with E-state index >= 15 is 0 Å². The second kappa shape index (κ2) is 8.10. The highest BCUT2D eigenvalue weighted by Gasteiger charge is 2.43. The fourth-order valence-electron chi connectivity index (χ4n) is 2.87. The molecule has 0 aromatic rings. The Labute approximate surface area is 108 Å². The second-order valence-electron chi connectivity index (χ2n) is 5.79. The zero-order valence-electron chi connectivity index (χ0n) is 12.2. The molecule has 0 aromatic carbocycles. The Balaban J connectivity index is 0.000000437. The molecule has 2 heteroatoms. The smallest absolute Gasteiger partial charge is 0.0437 e. The molecule has 102 valence electrons. The van der Waals surface area contributed by atoms with Crippen LogP contribution in [0.5, 0.6) is 0 Å². The van der Waals surface area contributed by atoms with E-state index in [-0.39, 0.29) is 0 Å². The first-order valence-corrected chi connectivity index (χ1v) is 7.73. The summed E-state index contributed by atoms with van der Waals surface area (Å²) in [6.45, 7) is 11.8.